The van der Waals surface area contributed by atoms with Gasteiger partial charge >= 0.3 is 0 Å². The molecule has 0 saturated heterocycles. The van der Waals surface area contributed by atoms with E-state index in [1.54, 1.807) is 18.2 Å². The molecular formula is C22H19N5O4S. The molecule has 0 radical (unpaired) electrons. The van der Waals surface area contributed by atoms with Gasteiger partial charge < -0.3 is 5.32 Å². The highest BCUT2D eigenvalue weighted by molar-refractivity contribution is 7.92. The number of anilines is 3. The first-order valence-electron chi connectivity index (χ1n) is 9.61. The van der Waals surface area contributed by atoms with Crippen LogP contribution >= 0.6 is 0 Å². The van der Waals surface area contributed by atoms with Gasteiger partial charge in [0.1, 0.15) is 0 Å². The second kappa shape index (κ2) is 8.23. The predicted molar refractivity (Wildman–Crippen MR) is 123 cm³/mol. The Kier molecular flexibility index (Phi) is 5.45. The first kappa shape index (κ1) is 21.2. The fourth-order valence-corrected chi connectivity index (χ4v) is 4.06. The number of hydrogen-bond donors (Lipinski definition) is 2. The lowest BCUT2D eigenvalue weighted by molar-refractivity contribution is -0.384. The van der Waals surface area contributed by atoms with Crippen LogP contribution in [0.5, 0.6) is 0 Å². The number of benzene rings is 3. The Morgan fingerprint density at radius 3 is 2.06 bits per heavy atom. The van der Waals surface area contributed by atoms with Crippen LogP contribution in [-0.4, -0.2) is 23.3 Å². The van der Waals surface area contributed by atoms with Crippen molar-refractivity contribution in [3.8, 4) is 0 Å². The van der Waals surface area contributed by atoms with Crippen LogP contribution in [0.4, 0.5) is 23.0 Å². The Hall–Kier alpha value is -4.05. The van der Waals surface area contributed by atoms with E-state index in [0.717, 1.165) is 28.9 Å². The van der Waals surface area contributed by atoms with Crippen molar-refractivity contribution in [1.82, 2.24) is 9.97 Å². The number of para-hydroxylation sites is 2. The molecule has 9 nitrogen and oxygen atoms in total. The third-order valence-corrected chi connectivity index (χ3v) is 6.28. The highest BCUT2D eigenvalue weighted by Gasteiger charge is 2.20. The number of aromatic nitrogens is 2. The molecule has 0 aliphatic heterocycles. The van der Waals surface area contributed by atoms with Gasteiger partial charge in [0.25, 0.3) is 15.7 Å². The van der Waals surface area contributed by atoms with Crippen LogP contribution in [0.2, 0.25) is 0 Å². The first-order valence-corrected chi connectivity index (χ1v) is 11.1. The minimum atomic E-state index is -4.07. The van der Waals surface area contributed by atoms with Gasteiger partial charge in [-0.05, 0) is 61.4 Å². The minimum Gasteiger partial charge on any atom is -0.337 e. The normalized spacial score (nSPS) is 11.3. The van der Waals surface area contributed by atoms with Crippen molar-refractivity contribution in [2.45, 2.75) is 18.7 Å². The number of sulfonamides is 1. The average Bonchev–Trinajstić information content (AvgIpc) is 2.76. The third kappa shape index (κ3) is 4.35. The van der Waals surface area contributed by atoms with E-state index in [4.69, 9.17) is 0 Å². The zero-order chi connectivity index (χ0) is 22.9. The van der Waals surface area contributed by atoms with Gasteiger partial charge in [0, 0.05) is 17.8 Å². The average molecular weight is 449 g/mol. The zero-order valence-corrected chi connectivity index (χ0v) is 18.1. The molecule has 0 fully saturated rings. The SMILES string of the molecule is Cc1ccc(Nc2nc3ccccc3nc2NS(=O)(=O)c2ccc([N+](=O)[O-])cc2)cc1C. The summed E-state index contributed by atoms with van der Waals surface area (Å²) in [5.74, 6) is 0.248. The van der Waals surface area contributed by atoms with Crippen molar-refractivity contribution in [1.29, 1.82) is 0 Å². The molecule has 32 heavy (non-hydrogen) atoms. The lowest BCUT2D eigenvalue weighted by atomic mass is 10.1. The molecule has 0 aliphatic carbocycles. The maximum atomic E-state index is 12.9. The first-order chi connectivity index (χ1) is 15.2. The molecule has 0 bridgehead atoms. The maximum absolute atomic E-state index is 12.9. The van der Waals surface area contributed by atoms with E-state index in [1.165, 1.54) is 12.1 Å². The number of nitro groups is 1. The summed E-state index contributed by atoms with van der Waals surface area (Å²) in [5.41, 5.74) is 3.83. The van der Waals surface area contributed by atoms with Gasteiger partial charge in [-0.25, -0.2) is 18.4 Å². The van der Waals surface area contributed by atoms with Gasteiger partial charge in [0.2, 0.25) is 0 Å². The summed E-state index contributed by atoms with van der Waals surface area (Å²) in [6.07, 6.45) is 0. The van der Waals surface area contributed by atoms with Gasteiger partial charge in [-0.3, -0.25) is 14.8 Å². The Bertz CT molecular complexity index is 1440. The quantitative estimate of drug-likeness (QED) is 0.323. The molecule has 0 saturated carbocycles. The molecule has 3 aromatic carbocycles. The van der Waals surface area contributed by atoms with E-state index < -0.39 is 14.9 Å². The fourth-order valence-electron chi connectivity index (χ4n) is 3.05. The molecule has 1 heterocycles. The number of non-ortho nitro benzene ring substituents is 1. The molecule has 0 aliphatic rings. The van der Waals surface area contributed by atoms with E-state index in [9.17, 15) is 18.5 Å². The molecule has 4 rings (SSSR count). The Labute approximate surface area is 184 Å². The minimum absolute atomic E-state index is 0.0141. The largest absolute Gasteiger partial charge is 0.337 e. The molecule has 0 atom stereocenters. The van der Waals surface area contributed by atoms with E-state index in [1.807, 2.05) is 38.1 Å². The van der Waals surface area contributed by atoms with Crippen molar-refractivity contribution >= 4 is 44.1 Å². The van der Waals surface area contributed by atoms with Gasteiger partial charge in [-0.2, -0.15) is 0 Å². The van der Waals surface area contributed by atoms with Crippen LogP contribution in [0.1, 0.15) is 11.1 Å². The summed E-state index contributed by atoms with van der Waals surface area (Å²) in [7, 11) is -4.07. The predicted octanol–water partition coefficient (Wildman–Crippen LogP) is 4.70. The Morgan fingerprint density at radius 1 is 0.844 bits per heavy atom. The van der Waals surface area contributed by atoms with Gasteiger partial charge in [0.15, 0.2) is 11.6 Å². The highest BCUT2D eigenvalue weighted by atomic mass is 32.2. The summed E-state index contributed by atoms with van der Waals surface area (Å²) in [5, 5.41) is 14.0. The second-order valence-corrected chi connectivity index (χ2v) is 8.87. The molecule has 0 unspecified atom stereocenters. The monoisotopic (exact) mass is 449 g/mol. The van der Waals surface area contributed by atoms with E-state index >= 15 is 0 Å². The fraction of sp³-hybridized carbons (Fsp3) is 0.0909. The Balaban J connectivity index is 1.75. The third-order valence-electron chi connectivity index (χ3n) is 4.93. The number of hydrogen-bond acceptors (Lipinski definition) is 7. The number of fused-ring (bicyclic) bond motifs is 1. The van der Waals surface area contributed by atoms with Crippen molar-refractivity contribution in [3.05, 3.63) is 88.0 Å². The summed E-state index contributed by atoms with van der Waals surface area (Å²) < 4.78 is 28.3. The van der Waals surface area contributed by atoms with Crippen molar-refractivity contribution < 1.29 is 13.3 Å². The Morgan fingerprint density at radius 2 is 1.47 bits per heavy atom. The number of nitrogens with one attached hydrogen (secondary N) is 2. The van der Waals surface area contributed by atoms with Gasteiger partial charge in [0.05, 0.1) is 20.9 Å². The summed E-state index contributed by atoms with van der Waals surface area (Å²) in [4.78, 5) is 19.1. The molecule has 0 spiro atoms. The number of rotatable bonds is 6. The maximum Gasteiger partial charge on any atom is 0.269 e. The van der Waals surface area contributed by atoms with E-state index in [-0.39, 0.29) is 22.2 Å². The standard InChI is InChI=1S/C22H19N5O4S/c1-14-7-8-16(13-15(14)2)23-21-22(25-20-6-4-3-5-19(20)24-21)26-32(30,31)18-11-9-17(10-12-18)27(28)29/h3-13H,1-2H3,(H,23,24)(H,25,26). The molecule has 162 valence electrons. The highest BCUT2D eigenvalue weighted by Crippen LogP contribution is 2.28. The smallest absolute Gasteiger partial charge is 0.269 e. The zero-order valence-electron chi connectivity index (χ0n) is 17.2. The van der Waals surface area contributed by atoms with E-state index in [0.29, 0.717) is 11.0 Å². The van der Waals surface area contributed by atoms with Crippen LogP contribution in [0.25, 0.3) is 11.0 Å². The van der Waals surface area contributed by atoms with Gasteiger partial charge in [-0.1, -0.05) is 18.2 Å². The lowest BCUT2D eigenvalue weighted by Crippen LogP contribution is -2.16. The van der Waals surface area contributed by atoms with Crippen LogP contribution < -0.4 is 10.0 Å². The van der Waals surface area contributed by atoms with Crippen LogP contribution in [0, 0.1) is 24.0 Å². The van der Waals surface area contributed by atoms with Crippen LogP contribution in [-0.2, 0) is 10.0 Å². The van der Waals surface area contributed by atoms with Crippen LogP contribution in [0.3, 0.4) is 0 Å². The van der Waals surface area contributed by atoms with E-state index in [2.05, 4.69) is 20.0 Å². The number of nitro benzene ring substituents is 1. The molecule has 1 aromatic heterocycles. The molecular weight excluding hydrogens is 430 g/mol. The number of aryl methyl sites for hydroxylation is 2. The van der Waals surface area contributed by atoms with Gasteiger partial charge in [-0.15, -0.1) is 0 Å². The molecule has 10 heteroatoms. The summed E-state index contributed by atoms with van der Waals surface area (Å²) >= 11 is 0. The molecule has 4 aromatic rings. The topological polar surface area (TPSA) is 127 Å². The second-order valence-electron chi connectivity index (χ2n) is 7.19. The van der Waals surface area contributed by atoms with Crippen LogP contribution in [0.15, 0.2) is 71.6 Å². The van der Waals surface area contributed by atoms with Crippen molar-refractivity contribution in [3.63, 3.8) is 0 Å². The summed E-state index contributed by atoms with van der Waals surface area (Å²) in [6.45, 7) is 3.98. The molecule has 0 amide bonds. The number of nitrogens with zero attached hydrogens (tertiary/aromatic N) is 3. The lowest BCUT2D eigenvalue weighted by Gasteiger charge is -2.14. The summed E-state index contributed by atoms with van der Waals surface area (Å²) in [6, 6.07) is 17.5. The van der Waals surface area contributed by atoms with Crippen molar-refractivity contribution in [2.75, 3.05) is 10.0 Å². The molecule has 2 N–H and O–H groups in total. The van der Waals surface area contributed by atoms with Crippen molar-refractivity contribution in [2.24, 2.45) is 0 Å².